The summed E-state index contributed by atoms with van der Waals surface area (Å²) in [5.74, 6) is -0.540. The molecule has 1 unspecified atom stereocenters. The van der Waals surface area contributed by atoms with Crippen LogP contribution in [0.1, 0.15) is 37.0 Å². The zero-order chi connectivity index (χ0) is 18.9. The standard InChI is InChI=1S/C21H23F2N3O/c1-14(19-11-18(23)10-15-12-25-26-20(15)19)27-13-21(6-8-24-9-7-21)16-2-4-17(22)5-3-16/h2-5,10-12,14,24H,6-9,13H2,1H3,(H,25,26). The highest BCUT2D eigenvalue weighted by Crippen LogP contribution is 2.36. The van der Waals surface area contributed by atoms with E-state index in [1.54, 1.807) is 6.20 Å². The average molecular weight is 371 g/mol. The number of aromatic amines is 1. The molecule has 2 aromatic carbocycles. The Morgan fingerprint density at radius 3 is 2.59 bits per heavy atom. The van der Waals surface area contributed by atoms with Gasteiger partial charge in [-0.2, -0.15) is 5.10 Å². The summed E-state index contributed by atoms with van der Waals surface area (Å²) in [5.41, 5.74) is 2.37. The van der Waals surface area contributed by atoms with Crippen LogP contribution in [0.3, 0.4) is 0 Å². The van der Waals surface area contributed by atoms with Crippen molar-refractivity contribution in [3.05, 3.63) is 65.4 Å². The Kier molecular flexibility index (Phi) is 4.93. The van der Waals surface area contributed by atoms with Gasteiger partial charge in [-0.1, -0.05) is 12.1 Å². The van der Waals surface area contributed by atoms with Crippen LogP contribution in [-0.2, 0) is 10.2 Å². The molecule has 2 heterocycles. The Balaban J connectivity index is 1.58. The lowest BCUT2D eigenvalue weighted by Crippen LogP contribution is -2.43. The van der Waals surface area contributed by atoms with Gasteiger partial charge in [-0.3, -0.25) is 5.10 Å². The molecule has 0 aliphatic carbocycles. The lowest BCUT2D eigenvalue weighted by atomic mass is 9.74. The minimum atomic E-state index is -0.307. The third kappa shape index (κ3) is 3.59. The topological polar surface area (TPSA) is 49.9 Å². The molecule has 2 N–H and O–H groups in total. The quantitative estimate of drug-likeness (QED) is 0.705. The molecule has 1 aromatic heterocycles. The smallest absolute Gasteiger partial charge is 0.124 e. The molecule has 4 rings (SSSR count). The molecule has 1 saturated heterocycles. The summed E-state index contributed by atoms with van der Waals surface area (Å²) in [5, 5.41) is 11.1. The number of aromatic nitrogens is 2. The van der Waals surface area contributed by atoms with Crippen LogP contribution in [0.4, 0.5) is 8.78 Å². The number of piperidine rings is 1. The molecule has 0 amide bonds. The van der Waals surface area contributed by atoms with Crippen LogP contribution >= 0.6 is 0 Å². The van der Waals surface area contributed by atoms with E-state index in [1.165, 1.54) is 24.3 Å². The number of benzene rings is 2. The monoisotopic (exact) mass is 371 g/mol. The Morgan fingerprint density at radius 1 is 1.11 bits per heavy atom. The van der Waals surface area contributed by atoms with Crippen molar-refractivity contribution in [2.24, 2.45) is 0 Å². The van der Waals surface area contributed by atoms with Crippen molar-refractivity contribution in [2.75, 3.05) is 19.7 Å². The Labute approximate surface area is 156 Å². The largest absolute Gasteiger partial charge is 0.373 e. The Morgan fingerprint density at radius 2 is 1.85 bits per heavy atom. The van der Waals surface area contributed by atoms with Gasteiger partial charge in [0.1, 0.15) is 11.6 Å². The van der Waals surface area contributed by atoms with Crippen molar-refractivity contribution in [1.82, 2.24) is 15.5 Å². The molecule has 0 radical (unpaired) electrons. The van der Waals surface area contributed by atoms with Gasteiger partial charge in [0.05, 0.1) is 18.2 Å². The highest BCUT2D eigenvalue weighted by atomic mass is 19.1. The predicted molar refractivity (Wildman–Crippen MR) is 101 cm³/mol. The molecule has 1 atom stereocenters. The number of halogens is 2. The van der Waals surface area contributed by atoms with Crippen LogP contribution in [0.2, 0.25) is 0 Å². The highest BCUT2D eigenvalue weighted by Gasteiger charge is 2.35. The van der Waals surface area contributed by atoms with Crippen molar-refractivity contribution in [2.45, 2.75) is 31.3 Å². The summed E-state index contributed by atoms with van der Waals surface area (Å²) >= 11 is 0. The van der Waals surface area contributed by atoms with Crippen LogP contribution in [0.15, 0.2) is 42.6 Å². The van der Waals surface area contributed by atoms with E-state index >= 15 is 0 Å². The van der Waals surface area contributed by atoms with Crippen molar-refractivity contribution in [3.8, 4) is 0 Å². The SMILES string of the molecule is CC(OCC1(c2ccc(F)cc2)CCNCC1)c1cc(F)cc2c[nH]nc12. The van der Waals surface area contributed by atoms with E-state index in [0.29, 0.717) is 6.61 Å². The second-order valence-corrected chi connectivity index (χ2v) is 7.31. The summed E-state index contributed by atoms with van der Waals surface area (Å²) < 4.78 is 33.6. The Bertz CT molecular complexity index is 917. The molecule has 1 aliphatic heterocycles. The first-order valence-electron chi connectivity index (χ1n) is 9.29. The molecular formula is C21H23F2N3O. The van der Waals surface area contributed by atoms with Gasteiger partial charge in [0.15, 0.2) is 0 Å². The molecule has 4 nitrogen and oxygen atoms in total. The van der Waals surface area contributed by atoms with Gasteiger partial charge in [0.25, 0.3) is 0 Å². The van der Waals surface area contributed by atoms with Crippen molar-refractivity contribution in [3.63, 3.8) is 0 Å². The van der Waals surface area contributed by atoms with E-state index in [-0.39, 0.29) is 23.2 Å². The second kappa shape index (κ2) is 7.37. The van der Waals surface area contributed by atoms with E-state index in [4.69, 9.17) is 4.74 Å². The lowest BCUT2D eigenvalue weighted by Gasteiger charge is -2.38. The number of nitrogens with zero attached hydrogens (tertiary/aromatic N) is 1. The van der Waals surface area contributed by atoms with Crippen LogP contribution < -0.4 is 5.32 Å². The molecule has 142 valence electrons. The van der Waals surface area contributed by atoms with Gasteiger partial charge in [-0.25, -0.2) is 8.78 Å². The maximum atomic E-state index is 14.0. The summed E-state index contributed by atoms with van der Waals surface area (Å²) in [6.07, 6.45) is 3.19. The van der Waals surface area contributed by atoms with Gasteiger partial charge in [0.2, 0.25) is 0 Å². The van der Waals surface area contributed by atoms with Crippen LogP contribution in [-0.4, -0.2) is 29.9 Å². The van der Waals surface area contributed by atoms with E-state index in [0.717, 1.165) is 48.0 Å². The molecule has 0 saturated carbocycles. The summed E-state index contributed by atoms with van der Waals surface area (Å²) in [6, 6.07) is 9.65. The maximum Gasteiger partial charge on any atom is 0.124 e. The fraction of sp³-hybridized carbons (Fsp3) is 0.381. The highest BCUT2D eigenvalue weighted by molar-refractivity contribution is 5.81. The average Bonchev–Trinajstić information content (AvgIpc) is 3.15. The summed E-state index contributed by atoms with van der Waals surface area (Å²) in [7, 11) is 0. The van der Waals surface area contributed by atoms with E-state index < -0.39 is 0 Å². The fourth-order valence-electron chi connectivity index (χ4n) is 3.96. The second-order valence-electron chi connectivity index (χ2n) is 7.31. The number of rotatable bonds is 5. The number of ether oxygens (including phenoxy) is 1. The third-order valence-corrected chi connectivity index (χ3v) is 5.59. The molecule has 6 heteroatoms. The molecular weight excluding hydrogens is 348 g/mol. The van der Waals surface area contributed by atoms with Crippen molar-refractivity contribution >= 4 is 10.9 Å². The predicted octanol–water partition coefficient (Wildman–Crippen LogP) is 4.24. The van der Waals surface area contributed by atoms with Crippen molar-refractivity contribution < 1.29 is 13.5 Å². The van der Waals surface area contributed by atoms with Gasteiger partial charge in [-0.05, 0) is 62.7 Å². The van der Waals surface area contributed by atoms with Gasteiger partial charge >= 0.3 is 0 Å². The zero-order valence-corrected chi connectivity index (χ0v) is 15.3. The van der Waals surface area contributed by atoms with E-state index in [1.807, 2.05) is 19.1 Å². The minimum Gasteiger partial charge on any atom is -0.373 e. The number of fused-ring (bicyclic) bond motifs is 1. The fourth-order valence-corrected chi connectivity index (χ4v) is 3.96. The van der Waals surface area contributed by atoms with E-state index in [9.17, 15) is 8.78 Å². The molecule has 0 bridgehead atoms. The number of hydrogen-bond donors (Lipinski definition) is 2. The molecule has 3 aromatic rings. The first-order valence-corrected chi connectivity index (χ1v) is 9.29. The molecule has 1 fully saturated rings. The molecule has 1 aliphatic rings. The maximum absolute atomic E-state index is 14.0. The molecule has 0 spiro atoms. The summed E-state index contributed by atoms with van der Waals surface area (Å²) in [4.78, 5) is 0. The lowest BCUT2D eigenvalue weighted by molar-refractivity contribution is 0.0171. The number of H-pyrrole nitrogens is 1. The van der Waals surface area contributed by atoms with E-state index in [2.05, 4.69) is 15.5 Å². The first-order chi connectivity index (χ1) is 13.1. The van der Waals surface area contributed by atoms with Gasteiger partial charge in [-0.15, -0.1) is 0 Å². The Hall–Kier alpha value is -2.31. The van der Waals surface area contributed by atoms with Gasteiger partial charge < -0.3 is 10.1 Å². The molecule has 27 heavy (non-hydrogen) atoms. The summed E-state index contributed by atoms with van der Waals surface area (Å²) in [6.45, 7) is 4.18. The first kappa shape index (κ1) is 18.1. The number of nitrogens with one attached hydrogen (secondary N) is 2. The van der Waals surface area contributed by atoms with Crippen LogP contribution in [0.5, 0.6) is 0 Å². The van der Waals surface area contributed by atoms with Crippen LogP contribution in [0.25, 0.3) is 10.9 Å². The number of hydrogen-bond acceptors (Lipinski definition) is 3. The van der Waals surface area contributed by atoms with Crippen molar-refractivity contribution in [1.29, 1.82) is 0 Å². The normalized spacial score (nSPS) is 17.9. The third-order valence-electron chi connectivity index (χ3n) is 5.59. The van der Waals surface area contributed by atoms with Gasteiger partial charge in [0, 0.05) is 22.6 Å². The zero-order valence-electron chi connectivity index (χ0n) is 15.3. The minimum absolute atomic E-state index is 0.175. The van der Waals surface area contributed by atoms with Crippen LogP contribution in [0, 0.1) is 11.6 Å².